The highest BCUT2D eigenvalue weighted by molar-refractivity contribution is 7.91. The third-order valence-electron chi connectivity index (χ3n) is 4.79. The van der Waals surface area contributed by atoms with Crippen LogP contribution in [0, 0.1) is 18.6 Å². The molecule has 10 heteroatoms. The van der Waals surface area contributed by atoms with Gasteiger partial charge in [-0.1, -0.05) is 29.0 Å². The zero-order chi connectivity index (χ0) is 22.9. The quantitative estimate of drug-likeness (QED) is 0.380. The van der Waals surface area contributed by atoms with Crippen LogP contribution in [-0.4, -0.2) is 25.1 Å². The number of carbonyl (C=O) groups is 1. The summed E-state index contributed by atoms with van der Waals surface area (Å²) in [5.74, 6) is -2.09. The van der Waals surface area contributed by atoms with E-state index in [1.165, 1.54) is 23.3 Å². The Hall–Kier alpha value is -3.11. The lowest BCUT2D eigenvalue weighted by Crippen LogP contribution is -2.31. The number of benzene rings is 2. The Morgan fingerprint density at radius 1 is 1.16 bits per heavy atom. The van der Waals surface area contributed by atoms with E-state index in [9.17, 15) is 22.0 Å². The van der Waals surface area contributed by atoms with Crippen LogP contribution in [0.5, 0.6) is 0 Å². The number of aromatic nitrogens is 1. The number of aryl methyl sites for hydroxylation is 1. The van der Waals surface area contributed by atoms with Crippen molar-refractivity contribution in [3.8, 4) is 0 Å². The molecule has 166 valence electrons. The molecule has 6 nitrogen and oxygen atoms in total. The summed E-state index contributed by atoms with van der Waals surface area (Å²) in [6, 6.07) is 11.5. The second-order valence-corrected chi connectivity index (χ2v) is 10.3. The molecule has 0 aliphatic carbocycles. The SMILES string of the molecule is Cc1ccc(S(=O)(=O)CCC(=O)N(Cc2ccco2)c2nc3c(F)cc(F)cc3s2)cc1. The van der Waals surface area contributed by atoms with Crippen LogP contribution in [0.15, 0.2) is 64.1 Å². The van der Waals surface area contributed by atoms with Crippen LogP contribution in [0.25, 0.3) is 10.2 Å². The molecule has 0 radical (unpaired) electrons. The molecule has 0 unspecified atom stereocenters. The second kappa shape index (κ2) is 8.79. The molecule has 4 rings (SSSR count). The Balaban J connectivity index is 1.61. The average Bonchev–Trinajstić information content (AvgIpc) is 3.40. The minimum atomic E-state index is -3.68. The van der Waals surface area contributed by atoms with Crippen molar-refractivity contribution >= 4 is 42.4 Å². The smallest absolute Gasteiger partial charge is 0.230 e. The van der Waals surface area contributed by atoms with Crippen LogP contribution in [0.1, 0.15) is 17.7 Å². The van der Waals surface area contributed by atoms with Crippen molar-refractivity contribution in [1.29, 1.82) is 0 Å². The number of anilines is 1. The van der Waals surface area contributed by atoms with E-state index in [2.05, 4.69) is 4.98 Å². The third kappa shape index (κ3) is 4.71. The fourth-order valence-electron chi connectivity index (χ4n) is 3.10. The van der Waals surface area contributed by atoms with Crippen LogP contribution in [0.3, 0.4) is 0 Å². The molecule has 0 aliphatic rings. The topological polar surface area (TPSA) is 80.5 Å². The number of rotatable bonds is 7. The van der Waals surface area contributed by atoms with Gasteiger partial charge in [0.1, 0.15) is 17.1 Å². The molecule has 0 saturated heterocycles. The lowest BCUT2D eigenvalue weighted by Gasteiger charge is -2.18. The molecule has 2 aromatic heterocycles. The number of carbonyl (C=O) groups excluding carboxylic acids is 1. The number of thiazole rings is 1. The summed E-state index contributed by atoms with van der Waals surface area (Å²) in [5, 5.41) is 0.124. The first-order valence-electron chi connectivity index (χ1n) is 9.61. The molecular weight excluding hydrogens is 458 g/mol. The standard InChI is InChI=1S/C22H18F2N2O4S2/c1-14-4-6-17(7-5-14)32(28,29)10-8-20(27)26(13-16-3-2-9-30-16)22-25-21-18(24)11-15(23)12-19(21)31-22/h2-7,9,11-12H,8,10,13H2,1H3. The highest BCUT2D eigenvalue weighted by Crippen LogP contribution is 2.32. The largest absolute Gasteiger partial charge is 0.467 e. The van der Waals surface area contributed by atoms with Gasteiger partial charge < -0.3 is 4.42 Å². The Labute approximate surface area is 187 Å². The van der Waals surface area contributed by atoms with E-state index in [4.69, 9.17) is 4.42 Å². The van der Waals surface area contributed by atoms with Gasteiger partial charge >= 0.3 is 0 Å². The maximum Gasteiger partial charge on any atom is 0.230 e. The van der Waals surface area contributed by atoms with Gasteiger partial charge in [0.25, 0.3) is 0 Å². The first-order chi connectivity index (χ1) is 15.2. The molecule has 32 heavy (non-hydrogen) atoms. The van der Waals surface area contributed by atoms with Gasteiger partial charge in [-0.25, -0.2) is 22.2 Å². The summed E-state index contributed by atoms with van der Waals surface area (Å²) in [5.41, 5.74) is 0.861. The van der Waals surface area contributed by atoms with E-state index in [0.29, 0.717) is 5.76 Å². The summed E-state index contributed by atoms with van der Waals surface area (Å²) < 4.78 is 58.6. The Kier molecular flexibility index (Phi) is 6.07. The Morgan fingerprint density at radius 2 is 1.91 bits per heavy atom. The summed E-state index contributed by atoms with van der Waals surface area (Å²) in [7, 11) is -3.68. The summed E-state index contributed by atoms with van der Waals surface area (Å²) in [4.78, 5) is 18.6. The van der Waals surface area contributed by atoms with Crippen LogP contribution >= 0.6 is 11.3 Å². The minimum absolute atomic E-state index is 0.0274. The molecule has 4 aromatic rings. The molecule has 2 aromatic carbocycles. The number of furan rings is 1. The first kappa shape index (κ1) is 22.1. The molecule has 0 atom stereocenters. The lowest BCUT2D eigenvalue weighted by molar-refractivity contribution is -0.118. The molecule has 2 heterocycles. The van der Waals surface area contributed by atoms with E-state index in [1.54, 1.807) is 24.3 Å². The molecule has 0 fully saturated rings. The zero-order valence-corrected chi connectivity index (χ0v) is 18.6. The summed E-state index contributed by atoms with van der Waals surface area (Å²) in [6.07, 6.45) is 1.12. The highest BCUT2D eigenvalue weighted by Gasteiger charge is 2.25. The van der Waals surface area contributed by atoms with Crippen molar-refractivity contribution in [3.63, 3.8) is 0 Å². The Bertz CT molecular complexity index is 1370. The van der Waals surface area contributed by atoms with E-state index in [1.807, 2.05) is 6.92 Å². The van der Waals surface area contributed by atoms with E-state index in [0.717, 1.165) is 29.0 Å². The van der Waals surface area contributed by atoms with Crippen molar-refractivity contribution in [2.24, 2.45) is 0 Å². The van der Waals surface area contributed by atoms with Crippen molar-refractivity contribution in [3.05, 3.63) is 77.8 Å². The van der Waals surface area contributed by atoms with Gasteiger partial charge in [0.2, 0.25) is 5.91 Å². The van der Waals surface area contributed by atoms with Crippen LogP contribution < -0.4 is 4.90 Å². The van der Waals surface area contributed by atoms with E-state index in [-0.39, 0.29) is 33.2 Å². The molecule has 0 spiro atoms. The average molecular weight is 477 g/mol. The fraction of sp³-hybridized carbons (Fsp3) is 0.182. The van der Waals surface area contributed by atoms with Gasteiger partial charge in [-0.15, -0.1) is 0 Å². The molecule has 1 amide bonds. The molecular formula is C22H18F2N2O4S2. The Morgan fingerprint density at radius 3 is 2.59 bits per heavy atom. The number of hydrogen-bond acceptors (Lipinski definition) is 6. The van der Waals surface area contributed by atoms with E-state index >= 15 is 0 Å². The molecule has 0 aliphatic heterocycles. The fourth-order valence-corrected chi connectivity index (χ4v) is 5.35. The number of halogens is 2. The van der Waals surface area contributed by atoms with Crippen LogP contribution in [-0.2, 0) is 21.2 Å². The maximum atomic E-state index is 14.1. The number of sulfone groups is 1. The first-order valence-corrected chi connectivity index (χ1v) is 12.1. The predicted molar refractivity (Wildman–Crippen MR) is 117 cm³/mol. The van der Waals surface area contributed by atoms with Gasteiger partial charge in [0.15, 0.2) is 20.8 Å². The number of fused-ring (bicyclic) bond motifs is 1. The number of nitrogens with zero attached hydrogens (tertiary/aromatic N) is 2. The third-order valence-corrected chi connectivity index (χ3v) is 7.55. The van der Waals surface area contributed by atoms with Crippen molar-refractivity contribution in [1.82, 2.24) is 4.98 Å². The lowest BCUT2D eigenvalue weighted by atomic mass is 10.2. The number of amides is 1. The highest BCUT2D eigenvalue weighted by atomic mass is 32.2. The maximum absolute atomic E-state index is 14.1. The van der Waals surface area contributed by atoms with Gasteiger partial charge in [-0.05, 0) is 37.3 Å². The molecule has 0 bridgehead atoms. The van der Waals surface area contributed by atoms with E-state index < -0.39 is 33.1 Å². The predicted octanol–water partition coefficient (Wildman–Crippen LogP) is 4.87. The minimum Gasteiger partial charge on any atom is -0.467 e. The van der Waals surface area contributed by atoms with Gasteiger partial charge in [-0.2, -0.15) is 0 Å². The van der Waals surface area contributed by atoms with Crippen molar-refractivity contribution in [2.45, 2.75) is 24.8 Å². The van der Waals surface area contributed by atoms with Crippen molar-refractivity contribution < 1.29 is 26.4 Å². The van der Waals surface area contributed by atoms with Gasteiger partial charge in [0, 0.05) is 12.5 Å². The second-order valence-electron chi connectivity index (χ2n) is 7.17. The summed E-state index contributed by atoms with van der Waals surface area (Å²) in [6.45, 7) is 1.82. The summed E-state index contributed by atoms with van der Waals surface area (Å²) >= 11 is 0.938. The number of hydrogen-bond donors (Lipinski definition) is 0. The monoisotopic (exact) mass is 476 g/mol. The normalized spacial score (nSPS) is 11.7. The zero-order valence-electron chi connectivity index (χ0n) is 16.9. The van der Waals surface area contributed by atoms with Crippen LogP contribution in [0.4, 0.5) is 13.9 Å². The molecule has 0 saturated carbocycles. The van der Waals surface area contributed by atoms with Gasteiger partial charge in [0.05, 0.1) is 28.2 Å². The van der Waals surface area contributed by atoms with Crippen molar-refractivity contribution in [2.75, 3.05) is 10.7 Å². The van der Waals surface area contributed by atoms with Crippen LogP contribution in [0.2, 0.25) is 0 Å². The molecule has 0 N–H and O–H groups in total. The van der Waals surface area contributed by atoms with Gasteiger partial charge in [-0.3, -0.25) is 9.69 Å².